The quantitative estimate of drug-likeness (QED) is 0.546. The Morgan fingerprint density at radius 3 is 2.54 bits per heavy atom. The molecule has 0 aromatic heterocycles. The highest BCUT2D eigenvalue weighted by Crippen LogP contribution is 2.15. The van der Waals surface area contributed by atoms with Crippen LogP contribution in [0.25, 0.3) is 0 Å². The van der Waals surface area contributed by atoms with Gasteiger partial charge >= 0.3 is 6.03 Å². The Bertz CT molecular complexity index is 200. The van der Waals surface area contributed by atoms with Gasteiger partial charge in [0.2, 0.25) is 5.91 Å². The maximum Gasteiger partial charge on any atom is 0.318 e. The Balaban J connectivity index is 2.22. The average molecular weight is 185 g/mol. The number of piperidine rings is 1. The maximum atomic E-state index is 11.1. The van der Waals surface area contributed by atoms with Crippen LogP contribution in [0.4, 0.5) is 4.79 Å². The Labute approximate surface area is 77.1 Å². The predicted molar refractivity (Wildman–Crippen MR) is 47.9 cm³/mol. The Morgan fingerprint density at radius 2 is 2.00 bits per heavy atom. The summed E-state index contributed by atoms with van der Waals surface area (Å²) < 4.78 is 0. The van der Waals surface area contributed by atoms with Crippen LogP contribution < -0.4 is 16.4 Å². The van der Waals surface area contributed by atoms with Gasteiger partial charge in [-0.1, -0.05) is 0 Å². The second kappa shape index (κ2) is 4.81. The van der Waals surface area contributed by atoms with Crippen molar-refractivity contribution in [1.29, 1.82) is 0 Å². The molecular formula is C8H15N3O2. The number of carbonyl (C=O) groups excluding carboxylic acids is 2. The molecule has 1 aliphatic heterocycles. The number of primary amides is 1. The molecule has 1 fully saturated rings. The zero-order chi connectivity index (χ0) is 9.68. The summed E-state index contributed by atoms with van der Waals surface area (Å²) in [6.45, 7) is 1.91. The first-order chi connectivity index (χ1) is 6.18. The van der Waals surface area contributed by atoms with Crippen LogP contribution in [-0.2, 0) is 4.79 Å². The molecular weight excluding hydrogens is 170 g/mol. The number of hydrogen-bond donors (Lipinski definition) is 3. The average Bonchev–Trinajstić information content (AvgIpc) is 2.04. The minimum Gasteiger partial charge on any atom is -0.351 e. The summed E-state index contributed by atoms with van der Waals surface area (Å²) in [7, 11) is 0. The van der Waals surface area contributed by atoms with Gasteiger partial charge in [-0.05, 0) is 31.8 Å². The third-order valence-corrected chi connectivity index (χ3v) is 2.20. The summed E-state index contributed by atoms with van der Waals surface area (Å²) in [5.41, 5.74) is 4.82. The fourth-order valence-corrected chi connectivity index (χ4v) is 1.54. The zero-order valence-corrected chi connectivity index (χ0v) is 7.51. The van der Waals surface area contributed by atoms with Crippen LogP contribution in [0, 0.1) is 5.92 Å². The fourth-order valence-electron chi connectivity index (χ4n) is 1.54. The molecule has 74 valence electrons. The number of nitrogens with two attached hydrogens (primary N) is 1. The maximum absolute atomic E-state index is 11.1. The van der Waals surface area contributed by atoms with Crippen LogP contribution in [0.15, 0.2) is 0 Å². The molecule has 0 atom stereocenters. The minimum absolute atomic E-state index is 0.264. The molecule has 0 aromatic carbocycles. The van der Waals surface area contributed by atoms with Crippen molar-refractivity contribution in [3.05, 3.63) is 0 Å². The van der Waals surface area contributed by atoms with E-state index >= 15 is 0 Å². The molecule has 0 unspecified atom stereocenters. The van der Waals surface area contributed by atoms with Crippen LogP contribution in [0.5, 0.6) is 0 Å². The first-order valence-electron chi connectivity index (χ1n) is 4.48. The molecule has 1 rings (SSSR count). The number of nitrogens with one attached hydrogen (secondary N) is 2. The first-order valence-corrected chi connectivity index (χ1v) is 4.48. The van der Waals surface area contributed by atoms with Gasteiger partial charge in [0, 0.05) is 6.42 Å². The largest absolute Gasteiger partial charge is 0.351 e. The number of urea groups is 1. The van der Waals surface area contributed by atoms with Crippen LogP contribution in [0.3, 0.4) is 0 Å². The molecule has 0 aromatic rings. The lowest BCUT2D eigenvalue weighted by molar-refractivity contribution is -0.121. The molecule has 13 heavy (non-hydrogen) atoms. The number of amides is 3. The minimum atomic E-state index is -0.765. The second-order valence-corrected chi connectivity index (χ2v) is 3.31. The zero-order valence-electron chi connectivity index (χ0n) is 7.51. The van der Waals surface area contributed by atoms with Crippen molar-refractivity contribution in [1.82, 2.24) is 10.6 Å². The molecule has 1 saturated heterocycles. The van der Waals surface area contributed by atoms with Crippen LogP contribution in [-0.4, -0.2) is 25.0 Å². The lowest BCUT2D eigenvalue weighted by Gasteiger charge is -2.21. The van der Waals surface area contributed by atoms with Crippen molar-refractivity contribution in [2.75, 3.05) is 13.1 Å². The van der Waals surface area contributed by atoms with Crippen molar-refractivity contribution in [3.63, 3.8) is 0 Å². The van der Waals surface area contributed by atoms with Crippen LogP contribution in [0.1, 0.15) is 19.3 Å². The van der Waals surface area contributed by atoms with Crippen molar-refractivity contribution in [2.45, 2.75) is 19.3 Å². The highest BCUT2D eigenvalue weighted by molar-refractivity contribution is 5.93. The van der Waals surface area contributed by atoms with E-state index < -0.39 is 6.03 Å². The van der Waals surface area contributed by atoms with Gasteiger partial charge in [0.25, 0.3) is 0 Å². The summed E-state index contributed by atoms with van der Waals surface area (Å²) in [4.78, 5) is 21.4. The fraction of sp³-hybridized carbons (Fsp3) is 0.750. The van der Waals surface area contributed by atoms with Gasteiger partial charge in [-0.15, -0.1) is 0 Å². The number of hydrogen-bond acceptors (Lipinski definition) is 3. The van der Waals surface area contributed by atoms with Gasteiger partial charge in [0.05, 0.1) is 0 Å². The molecule has 1 aliphatic rings. The van der Waals surface area contributed by atoms with E-state index in [9.17, 15) is 9.59 Å². The lowest BCUT2D eigenvalue weighted by Crippen LogP contribution is -2.37. The molecule has 5 heteroatoms. The molecule has 0 aliphatic carbocycles. The van der Waals surface area contributed by atoms with E-state index in [1.165, 1.54) is 0 Å². The van der Waals surface area contributed by atoms with Crippen molar-refractivity contribution < 1.29 is 9.59 Å². The number of rotatable bonds is 2. The smallest absolute Gasteiger partial charge is 0.318 e. The topological polar surface area (TPSA) is 84.2 Å². The van der Waals surface area contributed by atoms with E-state index in [-0.39, 0.29) is 5.91 Å². The van der Waals surface area contributed by atoms with E-state index in [0.717, 1.165) is 25.9 Å². The van der Waals surface area contributed by atoms with Gasteiger partial charge in [0.15, 0.2) is 0 Å². The number of carbonyl (C=O) groups is 2. The normalized spacial score (nSPS) is 18.2. The molecule has 0 radical (unpaired) electrons. The Hall–Kier alpha value is -1.10. The SMILES string of the molecule is NC(=O)NC(=O)CC1CCNCC1. The van der Waals surface area contributed by atoms with E-state index in [2.05, 4.69) is 10.6 Å². The Morgan fingerprint density at radius 1 is 1.38 bits per heavy atom. The first kappa shape index (κ1) is 9.98. The van der Waals surface area contributed by atoms with Crippen LogP contribution >= 0.6 is 0 Å². The van der Waals surface area contributed by atoms with E-state index in [1.807, 2.05) is 0 Å². The summed E-state index contributed by atoms with van der Waals surface area (Å²) >= 11 is 0. The summed E-state index contributed by atoms with van der Waals surface area (Å²) in [6, 6.07) is -0.765. The van der Waals surface area contributed by atoms with Gasteiger partial charge in [-0.25, -0.2) is 4.79 Å². The Kier molecular flexibility index (Phi) is 3.70. The third kappa shape index (κ3) is 3.89. The summed E-state index contributed by atoms with van der Waals surface area (Å²) in [6.07, 6.45) is 2.39. The van der Waals surface area contributed by atoms with Crippen molar-refractivity contribution >= 4 is 11.9 Å². The molecule has 0 bridgehead atoms. The van der Waals surface area contributed by atoms with Crippen LogP contribution in [0.2, 0.25) is 0 Å². The van der Waals surface area contributed by atoms with Gasteiger partial charge < -0.3 is 11.1 Å². The molecule has 0 saturated carbocycles. The van der Waals surface area contributed by atoms with Gasteiger partial charge in [-0.3, -0.25) is 10.1 Å². The van der Waals surface area contributed by atoms with E-state index in [1.54, 1.807) is 0 Å². The summed E-state index contributed by atoms with van der Waals surface area (Å²) in [5.74, 6) is 0.125. The predicted octanol–water partition coefficient (Wildman–Crippen LogP) is -0.429. The van der Waals surface area contributed by atoms with E-state index in [4.69, 9.17) is 5.73 Å². The highest BCUT2D eigenvalue weighted by atomic mass is 16.2. The molecule has 1 heterocycles. The van der Waals surface area contributed by atoms with Crippen molar-refractivity contribution in [3.8, 4) is 0 Å². The van der Waals surface area contributed by atoms with Gasteiger partial charge in [0.1, 0.15) is 0 Å². The second-order valence-electron chi connectivity index (χ2n) is 3.31. The molecule has 0 spiro atoms. The summed E-state index contributed by atoms with van der Waals surface area (Å²) in [5, 5.41) is 5.27. The third-order valence-electron chi connectivity index (χ3n) is 2.20. The van der Waals surface area contributed by atoms with Crippen molar-refractivity contribution in [2.24, 2.45) is 11.7 Å². The van der Waals surface area contributed by atoms with E-state index in [0.29, 0.717) is 12.3 Å². The highest BCUT2D eigenvalue weighted by Gasteiger charge is 2.17. The van der Waals surface area contributed by atoms with Gasteiger partial charge in [-0.2, -0.15) is 0 Å². The molecule has 4 N–H and O–H groups in total. The standard InChI is InChI=1S/C8H15N3O2/c9-8(13)11-7(12)5-6-1-3-10-4-2-6/h6,10H,1-5H2,(H3,9,11,12,13). The number of imide groups is 1. The monoisotopic (exact) mass is 185 g/mol. The lowest BCUT2D eigenvalue weighted by atomic mass is 9.94. The molecule has 5 nitrogen and oxygen atoms in total. The molecule has 3 amide bonds.